The van der Waals surface area contributed by atoms with Crippen LogP contribution in [0.4, 0.5) is 0 Å². The van der Waals surface area contributed by atoms with Gasteiger partial charge in [0.05, 0.1) is 0 Å². The van der Waals surface area contributed by atoms with E-state index in [4.69, 9.17) is 12.2 Å². The van der Waals surface area contributed by atoms with Crippen molar-refractivity contribution in [2.24, 2.45) is 5.92 Å². The van der Waals surface area contributed by atoms with Gasteiger partial charge in [-0.15, -0.1) is 0 Å². The molecule has 13 heavy (non-hydrogen) atoms. The van der Waals surface area contributed by atoms with Crippen LogP contribution in [-0.4, -0.2) is 22.8 Å². The van der Waals surface area contributed by atoms with Crippen molar-refractivity contribution in [3.63, 3.8) is 0 Å². The van der Waals surface area contributed by atoms with Crippen LogP contribution in [0.1, 0.15) is 32.6 Å². The molecule has 1 saturated heterocycles. The topological polar surface area (TPSA) is 27.3 Å². The van der Waals surface area contributed by atoms with Crippen LogP contribution in [0.15, 0.2) is 0 Å². The van der Waals surface area contributed by atoms with Crippen LogP contribution in [0.25, 0.3) is 0 Å². The molecule has 0 aromatic rings. The molecule has 3 nitrogen and oxygen atoms in total. The predicted octanol–water partition coefficient (Wildman–Crippen LogP) is 1.22. The highest BCUT2D eigenvalue weighted by Gasteiger charge is 2.41. The summed E-state index contributed by atoms with van der Waals surface area (Å²) in [7, 11) is 1.98. The molecule has 1 aliphatic heterocycles. The lowest BCUT2D eigenvalue weighted by Gasteiger charge is -2.36. The van der Waals surface area contributed by atoms with Crippen molar-refractivity contribution < 1.29 is 0 Å². The van der Waals surface area contributed by atoms with Crippen LogP contribution in [-0.2, 0) is 0 Å². The molecule has 0 unspecified atom stereocenters. The Labute approximate surface area is 84.8 Å². The van der Waals surface area contributed by atoms with Gasteiger partial charge in [0.1, 0.15) is 5.66 Å². The van der Waals surface area contributed by atoms with Crippen molar-refractivity contribution in [3.05, 3.63) is 0 Å². The van der Waals surface area contributed by atoms with E-state index in [0.717, 1.165) is 11.0 Å². The van der Waals surface area contributed by atoms with E-state index in [1.165, 1.54) is 25.7 Å². The van der Waals surface area contributed by atoms with Crippen LogP contribution in [0, 0.1) is 5.92 Å². The monoisotopic (exact) mass is 199 g/mol. The van der Waals surface area contributed by atoms with Crippen LogP contribution in [0.5, 0.6) is 0 Å². The molecule has 1 spiro atoms. The zero-order valence-electron chi connectivity index (χ0n) is 8.26. The molecule has 4 heteroatoms. The summed E-state index contributed by atoms with van der Waals surface area (Å²) in [5.41, 5.74) is 3.50. The third-order valence-corrected chi connectivity index (χ3v) is 3.41. The second kappa shape index (κ2) is 3.10. The molecule has 74 valence electrons. The van der Waals surface area contributed by atoms with E-state index in [1.54, 1.807) is 0 Å². The highest BCUT2D eigenvalue weighted by Crippen LogP contribution is 2.32. The molecule has 0 amide bonds. The van der Waals surface area contributed by atoms with Crippen LogP contribution in [0.3, 0.4) is 0 Å². The van der Waals surface area contributed by atoms with Crippen molar-refractivity contribution in [3.8, 4) is 0 Å². The summed E-state index contributed by atoms with van der Waals surface area (Å²) < 4.78 is 0. The van der Waals surface area contributed by atoms with Gasteiger partial charge in [0.15, 0.2) is 5.11 Å². The number of nitrogens with one attached hydrogen (secondary N) is 2. The fourth-order valence-corrected chi connectivity index (χ4v) is 2.70. The number of nitrogens with zero attached hydrogens (tertiary/aromatic N) is 1. The highest BCUT2D eigenvalue weighted by atomic mass is 32.1. The summed E-state index contributed by atoms with van der Waals surface area (Å²) in [6.45, 7) is 2.31. The highest BCUT2D eigenvalue weighted by molar-refractivity contribution is 7.80. The van der Waals surface area contributed by atoms with E-state index in [1.807, 2.05) is 12.1 Å². The normalized spacial score (nSPS) is 39.7. The lowest BCUT2D eigenvalue weighted by atomic mass is 9.83. The molecule has 0 bridgehead atoms. The van der Waals surface area contributed by atoms with Gasteiger partial charge in [-0.25, -0.2) is 5.43 Å². The molecule has 1 aliphatic carbocycles. The van der Waals surface area contributed by atoms with E-state index in [-0.39, 0.29) is 5.66 Å². The van der Waals surface area contributed by atoms with Crippen molar-refractivity contribution >= 4 is 17.3 Å². The maximum atomic E-state index is 5.19. The smallest absolute Gasteiger partial charge is 0.184 e. The Balaban J connectivity index is 2.09. The van der Waals surface area contributed by atoms with Gasteiger partial charge in [0.25, 0.3) is 0 Å². The number of hydrogen-bond acceptors (Lipinski definition) is 2. The average molecular weight is 199 g/mol. The quantitative estimate of drug-likeness (QED) is 0.574. The van der Waals surface area contributed by atoms with Crippen LogP contribution >= 0.6 is 12.2 Å². The van der Waals surface area contributed by atoms with Crippen molar-refractivity contribution in [1.82, 2.24) is 15.8 Å². The SMILES string of the molecule is C[C@@H]1CCC[C@@]2(C1)NC(=S)N(C)N2. The Kier molecular flexibility index (Phi) is 2.20. The third-order valence-electron chi connectivity index (χ3n) is 3.03. The molecular formula is C9H17N3S. The summed E-state index contributed by atoms with van der Waals surface area (Å²) in [4.78, 5) is 0. The lowest BCUT2D eigenvalue weighted by Crippen LogP contribution is -2.53. The first-order valence-electron chi connectivity index (χ1n) is 4.95. The fourth-order valence-electron chi connectivity index (χ4n) is 2.45. The van der Waals surface area contributed by atoms with Gasteiger partial charge in [-0.3, -0.25) is 5.01 Å². The number of hydrogen-bond donors (Lipinski definition) is 2. The summed E-state index contributed by atoms with van der Waals surface area (Å²) in [6.07, 6.45) is 5.00. The first-order chi connectivity index (χ1) is 6.11. The minimum atomic E-state index is 0.0729. The van der Waals surface area contributed by atoms with E-state index in [2.05, 4.69) is 17.7 Å². The fraction of sp³-hybridized carbons (Fsp3) is 0.889. The summed E-state index contributed by atoms with van der Waals surface area (Å²) in [5, 5.41) is 6.15. The molecule has 2 atom stereocenters. The largest absolute Gasteiger partial charge is 0.342 e. The van der Waals surface area contributed by atoms with Crippen molar-refractivity contribution in [2.45, 2.75) is 38.3 Å². The molecule has 2 fully saturated rings. The molecule has 2 aliphatic rings. The standard InChI is InChI=1S/C9H17N3S/c1-7-4-3-5-9(6-7)10-8(13)12(2)11-9/h7,11H,3-6H2,1-2H3,(H,10,13)/t7-,9-/m1/s1. The third kappa shape index (κ3) is 1.65. The minimum absolute atomic E-state index is 0.0729. The Bertz CT molecular complexity index is 231. The summed E-state index contributed by atoms with van der Waals surface area (Å²) in [5.74, 6) is 0.794. The van der Waals surface area contributed by atoms with Gasteiger partial charge in [-0.1, -0.05) is 13.3 Å². The Morgan fingerprint density at radius 2 is 2.38 bits per heavy atom. The van der Waals surface area contributed by atoms with E-state index in [0.29, 0.717) is 0 Å². The van der Waals surface area contributed by atoms with Gasteiger partial charge < -0.3 is 5.32 Å². The van der Waals surface area contributed by atoms with Gasteiger partial charge >= 0.3 is 0 Å². The van der Waals surface area contributed by atoms with Crippen molar-refractivity contribution in [2.75, 3.05) is 7.05 Å². The van der Waals surface area contributed by atoms with Gasteiger partial charge in [0, 0.05) is 7.05 Å². The zero-order valence-corrected chi connectivity index (χ0v) is 9.08. The summed E-state index contributed by atoms with van der Waals surface area (Å²) in [6, 6.07) is 0. The second-order valence-corrected chi connectivity index (χ2v) is 4.77. The molecule has 0 aromatic heterocycles. The Hall–Kier alpha value is -0.350. The molecule has 1 heterocycles. The van der Waals surface area contributed by atoms with E-state index in [9.17, 15) is 0 Å². The molecule has 0 aromatic carbocycles. The second-order valence-electron chi connectivity index (χ2n) is 4.38. The lowest BCUT2D eigenvalue weighted by molar-refractivity contribution is 0.147. The number of hydrazine groups is 1. The molecule has 2 N–H and O–H groups in total. The van der Waals surface area contributed by atoms with E-state index < -0.39 is 0 Å². The zero-order chi connectivity index (χ0) is 9.47. The molecule has 2 rings (SSSR count). The van der Waals surface area contributed by atoms with Crippen LogP contribution < -0.4 is 10.7 Å². The maximum absolute atomic E-state index is 5.19. The van der Waals surface area contributed by atoms with Gasteiger partial charge in [-0.2, -0.15) is 0 Å². The maximum Gasteiger partial charge on any atom is 0.184 e. The Morgan fingerprint density at radius 3 is 2.92 bits per heavy atom. The van der Waals surface area contributed by atoms with Crippen molar-refractivity contribution in [1.29, 1.82) is 0 Å². The van der Waals surface area contributed by atoms with Crippen LogP contribution in [0.2, 0.25) is 0 Å². The first kappa shape index (κ1) is 9.21. The molecule has 1 saturated carbocycles. The summed E-state index contributed by atoms with van der Waals surface area (Å²) >= 11 is 5.19. The average Bonchev–Trinajstić information content (AvgIpc) is 2.26. The minimum Gasteiger partial charge on any atom is -0.342 e. The molecule has 0 radical (unpaired) electrons. The Morgan fingerprint density at radius 1 is 1.62 bits per heavy atom. The van der Waals surface area contributed by atoms with Gasteiger partial charge in [-0.05, 0) is 37.4 Å². The first-order valence-corrected chi connectivity index (χ1v) is 5.36. The number of thiocarbonyl (C=S) groups is 1. The number of rotatable bonds is 0. The predicted molar refractivity (Wildman–Crippen MR) is 57.0 cm³/mol. The molecular weight excluding hydrogens is 182 g/mol. The van der Waals surface area contributed by atoms with E-state index >= 15 is 0 Å². The van der Waals surface area contributed by atoms with Gasteiger partial charge in [0.2, 0.25) is 0 Å².